The molecule has 0 spiro atoms. The standard InChI is InChI=1S/C14H17NO2/c1-10(2)15-12(7-8-16)9-11-5-4-6-13(17-3)14(11)15/h4-6,8-10H,7H2,1-3H3. The van der Waals surface area contributed by atoms with Crippen LogP contribution in [0.1, 0.15) is 25.6 Å². The van der Waals surface area contributed by atoms with Gasteiger partial charge in [0.05, 0.1) is 12.6 Å². The number of carbonyl (C=O) groups excluding carboxylic acids is 1. The molecule has 0 aliphatic heterocycles. The van der Waals surface area contributed by atoms with E-state index < -0.39 is 0 Å². The van der Waals surface area contributed by atoms with Crippen molar-refractivity contribution in [2.75, 3.05) is 7.11 Å². The minimum Gasteiger partial charge on any atom is -0.495 e. The molecule has 0 amide bonds. The van der Waals surface area contributed by atoms with E-state index >= 15 is 0 Å². The van der Waals surface area contributed by atoms with Gasteiger partial charge in [0.2, 0.25) is 0 Å². The molecule has 0 N–H and O–H groups in total. The second-order valence-corrected chi connectivity index (χ2v) is 4.37. The summed E-state index contributed by atoms with van der Waals surface area (Å²) in [7, 11) is 1.67. The van der Waals surface area contributed by atoms with Crippen LogP contribution in [0.4, 0.5) is 0 Å². The van der Waals surface area contributed by atoms with Crippen LogP contribution in [0.2, 0.25) is 0 Å². The topological polar surface area (TPSA) is 31.2 Å². The van der Waals surface area contributed by atoms with E-state index in [-0.39, 0.29) is 0 Å². The molecule has 1 heterocycles. The zero-order valence-electron chi connectivity index (χ0n) is 10.4. The predicted molar refractivity (Wildman–Crippen MR) is 68.6 cm³/mol. The molecule has 0 atom stereocenters. The van der Waals surface area contributed by atoms with Gasteiger partial charge in [0.15, 0.2) is 0 Å². The largest absolute Gasteiger partial charge is 0.495 e. The lowest BCUT2D eigenvalue weighted by atomic mass is 10.2. The Kier molecular flexibility index (Phi) is 3.18. The lowest BCUT2D eigenvalue weighted by Gasteiger charge is -2.15. The molecule has 0 fully saturated rings. The van der Waals surface area contributed by atoms with Crippen LogP contribution in [0, 0.1) is 0 Å². The van der Waals surface area contributed by atoms with Gasteiger partial charge >= 0.3 is 0 Å². The highest BCUT2D eigenvalue weighted by Crippen LogP contribution is 2.31. The van der Waals surface area contributed by atoms with Crippen LogP contribution in [0.5, 0.6) is 5.75 Å². The zero-order valence-corrected chi connectivity index (χ0v) is 10.4. The third-order valence-corrected chi connectivity index (χ3v) is 2.93. The Balaban J connectivity index is 2.76. The van der Waals surface area contributed by atoms with Gasteiger partial charge in [0, 0.05) is 23.5 Å². The third-order valence-electron chi connectivity index (χ3n) is 2.93. The number of nitrogens with zero attached hydrogens (tertiary/aromatic N) is 1. The highest BCUT2D eigenvalue weighted by atomic mass is 16.5. The molecule has 0 bridgehead atoms. The van der Waals surface area contributed by atoms with Crippen molar-refractivity contribution in [2.45, 2.75) is 26.3 Å². The molecule has 3 heteroatoms. The average molecular weight is 231 g/mol. The summed E-state index contributed by atoms with van der Waals surface area (Å²) >= 11 is 0. The van der Waals surface area contributed by atoms with Crippen molar-refractivity contribution >= 4 is 17.2 Å². The van der Waals surface area contributed by atoms with E-state index in [4.69, 9.17) is 4.74 Å². The van der Waals surface area contributed by atoms with Crippen molar-refractivity contribution in [3.8, 4) is 5.75 Å². The minimum atomic E-state index is 0.304. The van der Waals surface area contributed by atoms with Crippen LogP contribution in [0.25, 0.3) is 10.9 Å². The molecular formula is C14H17NO2. The van der Waals surface area contributed by atoms with Crippen molar-refractivity contribution in [2.24, 2.45) is 0 Å². The van der Waals surface area contributed by atoms with Gasteiger partial charge in [-0.3, -0.25) is 0 Å². The number of hydrogen-bond acceptors (Lipinski definition) is 2. The minimum absolute atomic E-state index is 0.304. The monoisotopic (exact) mass is 231 g/mol. The molecule has 1 aromatic heterocycles. The van der Waals surface area contributed by atoms with Crippen LogP contribution >= 0.6 is 0 Å². The van der Waals surface area contributed by atoms with Gasteiger partial charge < -0.3 is 14.1 Å². The van der Waals surface area contributed by atoms with Gasteiger partial charge in [-0.05, 0) is 26.0 Å². The molecule has 1 aromatic carbocycles. The quantitative estimate of drug-likeness (QED) is 0.757. The SMILES string of the molecule is COc1cccc2cc(CC=O)n(C(C)C)c12. The fourth-order valence-corrected chi connectivity index (χ4v) is 2.30. The summed E-state index contributed by atoms with van der Waals surface area (Å²) < 4.78 is 7.57. The van der Waals surface area contributed by atoms with Crippen molar-refractivity contribution in [3.05, 3.63) is 30.0 Å². The Morgan fingerprint density at radius 1 is 1.41 bits per heavy atom. The molecule has 17 heavy (non-hydrogen) atoms. The van der Waals surface area contributed by atoms with Gasteiger partial charge in [-0.2, -0.15) is 0 Å². The number of para-hydroxylation sites is 1. The number of ether oxygens (including phenoxy) is 1. The summed E-state index contributed by atoms with van der Waals surface area (Å²) in [6, 6.07) is 8.33. The molecule has 0 saturated carbocycles. The Bertz CT molecular complexity index is 540. The number of aromatic nitrogens is 1. The maximum absolute atomic E-state index is 10.7. The van der Waals surface area contributed by atoms with E-state index in [2.05, 4.69) is 24.5 Å². The van der Waals surface area contributed by atoms with Gasteiger partial charge in [0.25, 0.3) is 0 Å². The molecule has 0 aliphatic carbocycles. The van der Waals surface area contributed by atoms with E-state index in [9.17, 15) is 4.79 Å². The highest BCUT2D eigenvalue weighted by molar-refractivity contribution is 5.87. The van der Waals surface area contributed by atoms with Gasteiger partial charge in [-0.15, -0.1) is 0 Å². The summed E-state index contributed by atoms with van der Waals surface area (Å²) in [5.74, 6) is 0.855. The van der Waals surface area contributed by atoms with Crippen LogP contribution in [-0.4, -0.2) is 18.0 Å². The fourth-order valence-electron chi connectivity index (χ4n) is 2.30. The average Bonchev–Trinajstić information content (AvgIpc) is 2.67. The number of benzene rings is 1. The molecule has 2 aromatic rings. The Hall–Kier alpha value is -1.77. The van der Waals surface area contributed by atoms with Crippen LogP contribution in [0.15, 0.2) is 24.3 Å². The molecule has 3 nitrogen and oxygen atoms in total. The number of rotatable bonds is 4. The van der Waals surface area contributed by atoms with E-state index in [1.54, 1.807) is 7.11 Å². The summed E-state index contributed by atoms with van der Waals surface area (Å²) in [6.45, 7) is 4.22. The first-order valence-corrected chi connectivity index (χ1v) is 5.79. The second kappa shape index (κ2) is 4.62. The number of hydrogen-bond donors (Lipinski definition) is 0. The summed E-state index contributed by atoms with van der Waals surface area (Å²) in [5.41, 5.74) is 2.11. The number of carbonyl (C=O) groups is 1. The first-order chi connectivity index (χ1) is 8.19. The van der Waals surface area contributed by atoms with Gasteiger partial charge in [0.1, 0.15) is 12.0 Å². The van der Waals surface area contributed by atoms with Crippen molar-refractivity contribution in [3.63, 3.8) is 0 Å². The molecular weight excluding hydrogens is 214 g/mol. The second-order valence-electron chi connectivity index (χ2n) is 4.37. The summed E-state index contributed by atoms with van der Waals surface area (Å²) in [5, 5.41) is 1.12. The molecule has 0 saturated heterocycles. The molecule has 0 unspecified atom stereocenters. The normalized spacial score (nSPS) is 11.1. The molecule has 2 rings (SSSR count). The fraction of sp³-hybridized carbons (Fsp3) is 0.357. The number of aldehydes is 1. The van der Waals surface area contributed by atoms with Crippen molar-refractivity contribution in [1.29, 1.82) is 0 Å². The summed E-state index contributed by atoms with van der Waals surface area (Å²) in [4.78, 5) is 10.7. The number of fused-ring (bicyclic) bond motifs is 1. The van der Waals surface area contributed by atoms with Crippen LogP contribution < -0.4 is 4.74 Å². The number of methoxy groups -OCH3 is 1. The Labute approximate surface area is 101 Å². The van der Waals surface area contributed by atoms with E-state index in [0.29, 0.717) is 12.5 Å². The Morgan fingerprint density at radius 3 is 2.76 bits per heavy atom. The van der Waals surface area contributed by atoms with E-state index in [0.717, 1.165) is 28.6 Å². The lowest BCUT2D eigenvalue weighted by molar-refractivity contribution is -0.107. The Morgan fingerprint density at radius 2 is 2.18 bits per heavy atom. The van der Waals surface area contributed by atoms with Gasteiger partial charge in [-0.25, -0.2) is 0 Å². The first-order valence-electron chi connectivity index (χ1n) is 5.79. The first kappa shape index (κ1) is 11.7. The predicted octanol–water partition coefficient (Wildman–Crippen LogP) is 2.97. The lowest BCUT2D eigenvalue weighted by Crippen LogP contribution is -2.06. The van der Waals surface area contributed by atoms with E-state index in [1.165, 1.54) is 0 Å². The highest BCUT2D eigenvalue weighted by Gasteiger charge is 2.14. The molecule has 0 radical (unpaired) electrons. The zero-order chi connectivity index (χ0) is 12.4. The maximum atomic E-state index is 10.7. The van der Waals surface area contributed by atoms with Crippen molar-refractivity contribution in [1.82, 2.24) is 4.57 Å². The van der Waals surface area contributed by atoms with E-state index in [1.807, 2.05) is 18.2 Å². The molecule has 90 valence electrons. The maximum Gasteiger partial charge on any atom is 0.143 e. The smallest absolute Gasteiger partial charge is 0.143 e. The third kappa shape index (κ3) is 1.93. The molecule has 0 aliphatic rings. The van der Waals surface area contributed by atoms with Gasteiger partial charge in [-0.1, -0.05) is 12.1 Å². The van der Waals surface area contributed by atoms with Crippen molar-refractivity contribution < 1.29 is 9.53 Å². The summed E-state index contributed by atoms with van der Waals surface area (Å²) in [6.07, 6.45) is 1.38. The van der Waals surface area contributed by atoms with Crippen LogP contribution in [-0.2, 0) is 11.2 Å². The van der Waals surface area contributed by atoms with Crippen LogP contribution in [0.3, 0.4) is 0 Å².